The normalized spacial score (nSPS) is 16.5. The molecule has 1 aromatic heterocycles. The van der Waals surface area contributed by atoms with Crippen molar-refractivity contribution < 1.29 is 19.4 Å². The van der Waals surface area contributed by atoms with E-state index in [4.69, 9.17) is 9.84 Å². The molecule has 2 N–H and O–H groups in total. The van der Waals surface area contributed by atoms with Gasteiger partial charge in [0.15, 0.2) is 0 Å². The maximum absolute atomic E-state index is 12.0. The van der Waals surface area contributed by atoms with Crippen LogP contribution in [-0.4, -0.2) is 30.2 Å². The first-order chi connectivity index (χ1) is 8.58. The lowest BCUT2D eigenvalue weighted by Crippen LogP contribution is -2.28. The molecule has 0 aliphatic carbocycles. The third-order valence-corrected chi connectivity index (χ3v) is 4.09. The highest BCUT2D eigenvalue weighted by molar-refractivity contribution is 7.18. The fourth-order valence-corrected chi connectivity index (χ4v) is 2.85. The summed E-state index contributed by atoms with van der Waals surface area (Å²) in [7, 11) is 0. The lowest BCUT2D eigenvalue weighted by atomic mass is 10.00. The average molecular weight is 269 g/mol. The van der Waals surface area contributed by atoms with Crippen LogP contribution in [0, 0.1) is 12.8 Å². The number of anilines is 1. The van der Waals surface area contributed by atoms with Gasteiger partial charge < -0.3 is 15.2 Å². The molecule has 1 saturated heterocycles. The molecule has 1 aliphatic rings. The second-order valence-electron chi connectivity index (χ2n) is 4.30. The molecule has 5 nitrogen and oxygen atoms in total. The number of hydrogen-bond donors (Lipinski definition) is 2. The summed E-state index contributed by atoms with van der Waals surface area (Å²) in [6, 6.07) is 1.70. The molecular formula is C12H15NO4S. The Bertz CT molecular complexity index is 463. The molecule has 1 amide bonds. The van der Waals surface area contributed by atoms with E-state index in [2.05, 4.69) is 5.32 Å². The van der Waals surface area contributed by atoms with Crippen LogP contribution in [0.5, 0.6) is 0 Å². The zero-order chi connectivity index (χ0) is 13.1. The number of carbonyl (C=O) groups excluding carboxylic acids is 1. The molecule has 0 bridgehead atoms. The predicted molar refractivity (Wildman–Crippen MR) is 68.2 cm³/mol. The van der Waals surface area contributed by atoms with Crippen LogP contribution in [0.15, 0.2) is 6.07 Å². The minimum atomic E-state index is -0.955. The van der Waals surface area contributed by atoms with E-state index >= 15 is 0 Å². The van der Waals surface area contributed by atoms with Crippen molar-refractivity contribution in [3.05, 3.63) is 16.5 Å². The minimum absolute atomic E-state index is 0.0329. The summed E-state index contributed by atoms with van der Waals surface area (Å²) in [4.78, 5) is 23.1. The first kappa shape index (κ1) is 13.0. The van der Waals surface area contributed by atoms with Crippen molar-refractivity contribution >= 4 is 28.2 Å². The van der Waals surface area contributed by atoms with Gasteiger partial charge in [0.25, 0.3) is 0 Å². The number of amides is 1. The monoisotopic (exact) mass is 269 g/mol. The van der Waals surface area contributed by atoms with Crippen molar-refractivity contribution in [3.63, 3.8) is 0 Å². The van der Waals surface area contributed by atoms with Gasteiger partial charge in [-0.2, -0.15) is 0 Å². The molecular weight excluding hydrogens is 254 g/mol. The van der Waals surface area contributed by atoms with Crippen LogP contribution in [0.2, 0.25) is 0 Å². The highest BCUT2D eigenvalue weighted by Crippen LogP contribution is 2.27. The zero-order valence-corrected chi connectivity index (χ0v) is 10.9. The van der Waals surface area contributed by atoms with Gasteiger partial charge in [-0.15, -0.1) is 11.3 Å². The van der Waals surface area contributed by atoms with E-state index in [0.717, 1.165) is 24.2 Å². The molecule has 0 spiro atoms. The summed E-state index contributed by atoms with van der Waals surface area (Å²) in [5, 5.41) is 12.3. The maximum atomic E-state index is 12.0. The second kappa shape index (κ2) is 5.49. The van der Waals surface area contributed by atoms with Crippen LogP contribution in [0.3, 0.4) is 0 Å². The van der Waals surface area contributed by atoms with E-state index in [1.165, 1.54) is 0 Å². The molecule has 1 fully saturated rings. The lowest BCUT2D eigenvalue weighted by molar-refractivity contribution is -0.122. The van der Waals surface area contributed by atoms with Crippen LogP contribution < -0.4 is 5.32 Å². The summed E-state index contributed by atoms with van der Waals surface area (Å²) in [5.74, 6) is -1.03. The maximum Gasteiger partial charge on any atom is 0.346 e. The summed E-state index contributed by atoms with van der Waals surface area (Å²) < 4.78 is 5.20. The molecule has 0 radical (unpaired) electrons. The number of ether oxygens (including phenoxy) is 1. The Balaban J connectivity index is 2.02. The van der Waals surface area contributed by atoms with E-state index in [-0.39, 0.29) is 16.7 Å². The number of rotatable bonds is 3. The fraction of sp³-hybridized carbons (Fsp3) is 0.500. The van der Waals surface area contributed by atoms with Gasteiger partial charge in [0.05, 0.1) is 5.00 Å². The molecule has 1 aliphatic heterocycles. The Hall–Kier alpha value is -1.40. The third kappa shape index (κ3) is 2.88. The Morgan fingerprint density at radius 1 is 1.44 bits per heavy atom. The van der Waals surface area contributed by atoms with E-state index in [0.29, 0.717) is 23.8 Å². The highest BCUT2D eigenvalue weighted by atomic mass is 32.1. The molecule has 0 atom stereocenters. The SMILES string of the molecule is Cc1cc(NC(=O)C2CCOCC2)sc1C(=O)O. The zero-order valence-electron chi connectivity index (χ0n) is 10.1. The summed E-state index contributed by atoms with van der Waals surface area (Å²) in [6.45, 7) is 2.95. The summed E-state index contributed by atoms with van der Waals surface area (Å²) >= 11 is 1.10. The molecule has 18 heavy (non-hydrogen) atoms. The number of aryl methyl sites for hydroxylation is 1. The smallest absolute Gasteiger partial charge is 0.346 e. The Morgan fingerprint density at radius 3 is 2.67 bits per heavy atom. The summed E-state index contributed by atoms with van der Waals surface area (Å²) in [6.07, 6.45) is 1.45. The Labute approximate surface area is 109 Å². The number of hydrogen-bond acceptors (Lipinski definition) is 4. The van der Waals surface area contributed by atoms with Crippen molar-refractivity contribution in [1.82, 2.24) is 0 Å². The van der Waals surface area contributed by atoms with Gasteiger partial charge in [-0.05, 0) is 31.4 Å². The van der Waals surface area contributed by atoms with Gasteiger partial charge in [0.1, 0.15) is 4.88 Å². The number of carboxylic acids is 1. The predicted octanol–water partition coefficient (Wildman–Crippen LogP) is 2.12. The van der Waals surface area contributed by atoms with Crippen LogP contribution in [0.25, 0.3) is 0 Å². The van der Waals surface area contributed by atoms with E-state index in [1.807, 2.05) is 0 Å². The van der Waals surface area contributed by atoms with Gasteiger partial charge in [0, 0.05) is 19.1 Å². The number of aromatic carboxylic acids is 1. The fourth-order valence-electron chi connectivity index (χ4n) is 1.94. The quantitative estimate of drug-likeness (QED) is 0.881. The average Bonchev–Trinajstić information content (AvgIpc) is 2.71. The molecule has 0 unspecified atom stereocenters. The molecule has 0 aromatic carbocycles. The second-order valence-corrected chi connectivity index (χ2v) is 5.36. The standard InChI is InChI=1S/C12H15NO4S/c1-7-6-9(18-10(7)12(15)16)13-11(14)8-2-4-17-5-3-8/h6,8H,2-5H2,1H3,(H,13,14)(H,15,16). The molecule has 2 heterocycles. The van der Waals surface area contributed by atoms with Gasteiger partial charge in [-0.1, -0.05) is 0 Å². The van der Waals surface area contributed by atoms with Crippen molar-refractivity contribution in [2.45, 2.75) is 19.8 Å². The van der Waals surface area contributed by atoms with Gasteiger partial charge in [-0.25, -0.2) is 4.79 Å². The summed E-state index contributed by atoms with van der Waals surface area (Å²) in [5.41, 5.74) is 0.676. The van der Waals surface area contributed by atoms with Crippen LogP contribution in [-0.2, 0) is 9.53 Å². The van der Waals surface area contributed by atoms with Crippen molar-refractivity contribution in [1.29, 1.82) is 0 Å². The van der Waals surface area contributed by atoms with Crippen molar-refractivity contribution in [2.75, 3.05) is 18.5 Å². The molecule has 6 heteroatoms. The van der Waals surface area contributed by atoms with E-state index in [1.54, 1.807) is 13.0 Å². The topological polar surface area (TPSA) is 75.6 Å². The largest absolute Gasteiger partial charge is 0.477 e. The van der Waals surface area contributed by atoms with E-state index < -0.39 is 5.97 Å². The Kier molecular flexibility index (Phi) is 3.98. The number of thiophene rings is 1. The number of nitrogens with one attached hydrogen (secondary N) is 1. The van der Waals surface area contributed by atoms with Crippen molar-refractivity contribution in [3.8, 4) is 0 Å². The van der Waals surface area contributed by atoms with Crippen LogP contribution in [0.4, 0.5) is 5.00 Å². The molecule has 0 saturated carbocycles. The van der Waals surface area contributed by atoms with Gasteiger partial charge in [0.2, 0.25) is 5.91 Å². The molecule has 2 rings (SSSR count). The van der Waals surface area contributed by atoms with Gasteiger partial charge >= 0.3 is 5.97 Å². The Morgan fingerprint density at radius 2 is 2.11 bits per heavy atom. The van der Waals surface area contributed by atoms with Crippen molar-refractivity contribution in [2.24, 2.45) is 5.92 Å². The molecule has 1 aromatic rings. The highest BCUT2D eigenvalue weighted by Gasteiger charge is 2.22. The third-order valence-electron chi connectivity index (χ3n) is 2.95. The van der Waals surface area contributed by atoms with Crippen LogP contribution >= 0.6 is 11.3 Å². The van der Waals surface area contributed by atoms with Crippen LogP contribution in [0.1, 0.15) is 28.1 Å². The van der Waals surface area contributed by atoms with Gasteiger partial charge in [-0.3, -0.25) is 4.79 Å². The first-order valence-corrected chi connectivity index (χ1v) is 6.62. The first-order valence-electron chi connectivity index (χ1n) is 5.80. The number of carboxylic acid groups (broad SMARTS) is 1. The lowest BCUT2D eigenvalue weighted by Gasteiger charge is -2.20. The molecule has 98 valence electrons. The minimum Gasteiger partial charge on any atom is -0.477 e. The number of carbonyl (C=O) groups is 2. The van der Waals surface area contributed by atoms with E-state index in [9.17, 15) is 9.59 Å².